The highest BCUT2D eigenvalue weighted by Crippen LogP contribution is 2.33. The minimum atomic E-state index is -0.497. The Kier molecular flexibility index (Phi) is 6.20. The van der Waals surface area contributed by atoms with Crippen molar-refractivity contribution in [1.29, 1.82) is 0 Å². The lowest BCUT2D eigenvalue weighted by molar-refractivity contribution is 0.0706. The van der Waals surface area contributed by atoms with Crippen LogP contribution in [0.3, 0.4) is 0 Å². The van der Waals surface area contributed by atoms with Gasteiger partial charge in [-0.2, -0.15) is 0 Å². The molecular formula is C23H26N2O2. The summed E-state index contributed by atoms with van der Waals surface area (Å²) < 4.78 is 0. The first kappa shape index (κ1) is 19.1. The Morgan fingerprint density at radius 1 is 1.15 bits per heavy atom. The smallest absolute Gasteiger partial charge is 0.274 e. The van der Waals surface area contributed by atoms with E-state index in [0.29, 0.717) is 5.56 Å². The maximum absolute atomic E-state index is 11.5. The van der Waals surface area contributed by atoms with Crippen LogP contribution < -0.4 is 5.48 Å². The molecule has 1 unspecified atom stereocenters. The number of aryl methyl sites for hydroxylation is 1. The van der Waals surface area contributed by atoms with Crippen molar-refractivity contribution in [2.75, 3.05) is 0 Å². The number of amides is 1. The van der Waals surface area contributed by atoms with Gasteiger partial charge in [0.1, 0.15) is 0 Å². The molecule has 1 amide bonds. The van der Waals surface area contributed by atoms with Crippen molar-refractivity contribution in [2.24, 2.45) is 4.99 Å². The van der Waals surface area contributed by atoms with E-state index in [0.717, 1.165) is 36.9 Å². The summed E-state index contributed by atoms with van der Waals surface area (Å²) in [6, 6.07) is 13.8. The average Bonchev–Trinajstić information content (AvgIpc) is 2.98. The fraction of sp³-hybridized carbons (Fsp3) is 0.304. The van der Waals surface area contributed by atoms with Crippen molar-refractivity contribution in [3.63, 3.8) is 0 Å². The Balaban J connectivity index is 1.96. The summed E-state index contributed by atoms with van der Waals surface area (Å²) in [4.78, 5) is 16.3. The van der Waals surface area contributed by atoms with Crippen LogP contribution in [0.15, 0.2) is 59.2 Å². The van der Waals surface area contributed by atoms with Crippen molar-refractivity contribution in [1.82, 2.24) is 5.48 Å². The number of carbonyl (C=O) groups is 1. The zero-order chi connectivity index (χ0) is 19.2. The van der Waals surface area contributed by atoms with E-state index in [4.69, 9.17) is 10.2 Å². The van der Waals surface area contributed by atoms with Gasteiger partial charge in [-0.05, 0) is 73.9 Å². The summed E-state index contributed by atoms with van der Waals surface area (Å²) in [5.74, 6) is -0.319. The van der Waals surface area contributed by atoms with E-state index in [-0.39, 0.29) is 5.92 Å². The first-order valence-electron chi connectivity index (χ1n) is 9.42. The number of carbonyl (C=O) groups excluding carboxylic acids is 1. The van der Waals surface area contributed by atoms with E-state index in [1.165, 1.54) is 16.7 Å². The molecule has 0 bridgehead atoms. The zero-order valence-corrected chi connectivity index (χ0v) is 15.9. The molecule has 3 rings (SSSR count). The number of allylic oxidation sites excluding steroid dienone is 2. The number of rotatable bonds is 5. The van der Waals surface area contributed by atoms with Gasteiger partial charge in [-0.25, -0.2) is 5.48 Å². The van der Waals surface area contributed by atoms with Crippen LogP contribution in [0.1, 0.15) is 57.8 Å². The molecule has 0 aliphatic carbocycles. The Hall–Kier alpha value is -2.72. The maximum atomic E-state index is 11.5. The van der Waals surface area contributed by atoms with Gasteiger partial charge in [0, 0.05) is 23.4 Å². The van der Waals surface area contributed by atoms with E-state index in [1.54, 1.807) is 17.6 Å². The lowest BCUT2D eigenvalue weighted by atomic mass is 9.85. The number of nitrogens with one attached hydrogen (secondary N) is 1. The molecular weight excluding hydrogens is 336 g/mol. The lowest BCUT2D eigenvalue weighted by Crippen LogP contribution is -2.18. The van der Waals surface area contributed by atoms with Crippen LogP contribution in [-0.4, -0.2) is 17.3 Å². The van der Waals surface area contributed by atoms with Crippen molar-refractivity contribution in [3.05, 3.63) is 82.1 Å². The summed E-state index contributed by atoms with van der Waals surface area (Å²) in [5.41, 5.74) is 8.26. The summed E-state index contributed by atoms with van der Waals surface area (Å²) in [5, 5.41) is 8.78. The van der Waals surface area contributed by atoms with Gasteiger partial charge in [-0.15, -0.1) is 0 Å². The number of hydrogen-bond donors (Lipinski definition) is 2. The zero-order valence-electron chi connectivity index (χ0n) is 15.9. The van der Waals surface area contributed by atoms with Crippen molar-refractivity contribution in [3.8, 4) is 0 Å². The third kappa shape index (κ3) is 4.52. The fourth-order valence-corrected chi connectivity index (χ4v) is 3.53. The highest BCUT2D eigenvalue weighted by Gasteiger charge is 2.20. The minimum absolute atomic E-state index is 0.178. The van der Waals surface area contributed by atoms with Gasteiger partial charge in [0.05, 0.1) is 0 Å². The van der Waals surface area contributed by atoms with Gasteiger partial charge < -0.3 is 0 Å². The van der Waals surface area contributed by atoms with E-state index < -0.39 is 5.91 Å². The molecule has 2 aromatic carbocycles. The van der Waals surface area contributed by atoms with Crippen molar-refractivity contribution >= 4 is 12.1 Å². The van der Waals surface area contributed by atoms with E-state index >= 15 is 0 Å². The second-order valence-electron chi connectivity index (χ2n) is 7.06. The Morgan fingerprint density at radius 3 is 2.67 bits per heavy atom. The van der Waals surface area contributed by atoms with Crippen LogP contribution in [0.5, 0.6) is 0 Å². The van der Waals surface area contributed by atoms with Crippen LogP contribution in [0, 0.1) is 13.8 Å². The summed E-state index contributed by atoms with van der Waals surface area (Å²) in [6.45, 7) is 4.32. The van der Waals surface area contributed by atoms with Gasteiger partial charge in [0.25, 0.3) is 5.91 Å². The second kappa shape index (κ2) is 8.78. The summed E-state index contributed by atoms with van der Waals surface area (Å²) in [7, 11) is 0. The SMILES string of the molecule is Cc1cccc(C(Cc2ccc(C(=O)NO)cc2)C2=CCCCC=N2)c1C. The van der Waals surface area contributed by atoms with Gasteiger partial charge in [0.15, 0.2) is 0 Å². The molecule has 1 aliphatic heterocycles. The molecule has 1 atom stereocenters. The molecule has 140 valence electrons. The Morgan fingerprint density at radius 2 is 1.93 bits per heavy atom. The molecule has 0 fully saturated rings. The number of hydrogen-bond acceptors (Lipinski definition) is 3. The minimum Gasteiger partial charge on any atom is -0.288 e. The topological polar surface area (TPSA) is 61.7 Å². The summed E-state index contributed by atoms with van der Waals surface area (Å²) >= 11 is 0. The highest BCUT2D eigenvalue weighted by atomic mass is 16.5. The van der Waals surface area contributed by atoms with E-state index in [9.17, 15) is 4.79 Å². The maximum Gasteiger partial charge on any atom is 0.274 e. The number of benzene rings is 2. The third-order valence-electron chi connectivity index (χ3n) is 5.27. The first-order chi connectivity index (χ1) is 13.1. The standard InChI is InChI=1S/C23H26N2O2/c1-16-7-6-8-20(17(16)2)21(22-9-4-3-5-14-24-22)15-18-10-12-19(13-11-18)23(26)25-27/h6-14,21,27H,3-5,15H2,1-2H3,(H,25,26). The Labute approximate surface area is 160 Å². The number of nitrogens with zero attached hydrogens (tertiary/aromatic N) is 1. The molecule has 0 saturated heterocycles. The summed E-state index contributed by atoms with van der Waals surface area (Å²) in [6.07, 6.45) is 8.32. The Bertz CT molecular complexity index is 866. The fourth-order valence-electron chi connectivity index (χ4n) is 3.53. The molecule has 0 radical (unpaired) electrons. The van der Waals surface area contributed by atoms with Crippen LogP contribution in [-0.2, 0) is 6.42 Å². The largest absolute Gasteiger partial charge is 0.288 e. The molecule has 1 heterocycles. The highest BCUT2D eigenvalue weighted by molar-refractivity contribution is 5.93. The number of hydroxylamine groups is 1. The molecule has 2 aromatic rings. The quantitative estimate of drug-likeness (QED) is 0.588. The molecule has 0 saturated carbocycles. The molecule has 4 heteroatoms. The van der Waals surface area contributed by atoms with Gasteiger partial charge in [-0.3, -0.25) is 15.0 Å². The second-order valence-corrected chi connectivity index (χ2v) is 7.06. The van der Waals surface area contributed by atoms with Crippen molar-refractivity contribution < 1.29 is 10.0 Å². The third-order valence-corrected chi connectivity index (χ3v) is 5.27. The van der Waals surface area contributed by atoms with Gasteiger partial charge in [0.2, 0.25) is 0 Å². The molecule has 0 aromatic heterocycles. The predicted molar refractivity (Wildman–Crippen MR) is 108 cm³/mol. The van der Waals surface area contributed by atoms with Crippen LogP contribution in [0.25, 0.3) is 0 Å². The lowest BCUT2D eigenvalue weighted by Gasteiger charge is -2.21. The van der Waals surface area contributed by atoms with Crippen LogP contribution in [0.4, 0.5) is 0 Å². The van der Waals surface area contributed by atoms with Gasteiger partial charge >= 0.3 is 0 Å². The average molecular weight is 362 g/mol. The van der Waals surface area contributed by atoms with Crippen molar-refractivity contribution in [2.45, 2.75) is 45.4 Å². The molecule has 2 N–H and O–H groups in total. The van der Waals surface area contributed by atoms with Crippen LogP contribution in [0.2, 0.25) is 0 Å². The normalized spacial score (nSPS) is 15.0. The molecule has 1 aliphatic rings. The predicted octanol–water partition coefficient (Wildman–Crippen LogP) is 4.89. The first-order valence-corrected chi connectivity index (χ1v) is 9.42. The van der Waals surface area contributed by atoms with E-state index in [2.05, 4.69) is 38.1 Å². The number of aliphatic imine (C=N–C) groups is 1. The molecule has 0 spiro atoms. The molecule has 4 nitrogen and oxygen atoms in total. The van der Waals surface area contributed by atoms with Gasteiger partial charge in [-0.1, -0.05) is 36.4 Å². The monoisotopic (exact) mass is 362 g/mol. The van der Waals surface area contributed by atoms with E-state index in [1.807, 2.05) is 18.3 Å². The van der Waals surface area contributed by atoms with Crippen LogP contribution >= 0.6 is 0 Å². The molecule has 27 heavy (non-hydrogen) atoms.